The SMILES string of the molecule is CCCCOP(=O)(Oc1cccc(C)c1C)Oc1cccc(C)c1C. The lowest BCUT2D eigenvalue weighted by atomic mass is 10.1. The molecule has 0 aliphatic rings. The molecule has 0 aromatic heterocycles. The second kappa shape index (κ2) is 8.55. The van der Waals surface area contributed by atoms with Crippen LogP contribution in [-0.4, -0.2) is 6.61 Å². The van der Waals surface area contributed by atoms with E-state index in [1.807, 2.05) is 58.9 Å². The fraction of sp³-hybridized carbons (Fsp3) is 0.400. The van der Waals surface area contributed by atoms with Crippen molar-refractivity contribution in [1.82, 2.24) is 0 Å². The van der Waals surface area contributed by atoms with Gasteiger partial charge in [0, 0.05) is 0 Å². The zero-order valence-corrected chi connectivity index (χ0v) is 16.6. The molecule has 0 fully saturated rings. The van der Waals surface area contributed by atoms with E-state index >= 15 is 0 Å². The summed E-state index contributed by atoms with van der Waals surface area (Å²) in [7, 11) is -3.79. The van der Waals surface area contributed by atoms with Crippen molar-refractivity contribution in [3.05, 3.63) is 58.7 Å². The standard InChI is InChI=1S/C20H27O4P/c1-6-7-14-22-25(21,23-19-12-8-10-15(2)17(19)4)24-20-13-9-11-16(3)18(20)5/h8-13H,6-7,14H2,1-5H3. The first-order chi connectivity index (χ1) is 11.9. The van der Waals surface area contributed by atoms with Crippen LogP contribution in [0.25, 0.3) is 0 Å². The summed E-state index contributed by atoms with van der Waals surface area (Å²) in [5.74, 6) is 1.04. The van der Waals surface area contributed by atoms with Crippen LogP contribution in [0.4, 0.5) is 0 Å². The molecule has 0 atom stereocenters. The monoisotopic (exact) mass is 362 g/mol. The average Bonchev–Trinajstić information content (AvgIpc) is 2.56. The first kappa shape index (κ1) is 19.6. The van der Waals surface area contributed by atoms with Crippen LogP contribution >= 0.6 is 7.82 Å². The van der Waals surface area contributed by atoms with E-state index in [4.69, 9.17) is 13.6 Å². The van der Waals surface area contributed by atoms with E-state index in [1.54, 1.807) is 12.1 Å². The maximum Gasteiger partial charge on any atom is 0.587 e. The predicted molar refractivity (Wildman–Crippen MR) is 102 cm³/mol. The van der Waals surface area contributed by atoms with Gasteiger partial charge in [-0.25, -0.2) is 4.57 Å². The lowest BCUT2D eigenvalue weighted by Crippen LogP contribution is -2.08. The van der Waals surface area contributed by atoms with Crippen LogP contribution < -0.4 is 9.05 Å². The topological polar surface area (TPSA) is 44.8 Å². The van der Waals surface area contributed by atoms with E-state index in [0.717, 1.165) is 35.1 Å². The summed E-state index contributed by atoms with van der Waals surface area (Å²) in [5, 5.41) is 0. The summed E-state index contributed by atoms with van der Waals surface area (Å²) in [6.07, 6.45) is 1.73. The van der Waals surface area contributed by atoms with Gasteiger partial charge in [-0.2, -0.15) is 0 Å². The zero-order valence-electron chi connectivity index (χ0n) is 15.7. The minimum absolute atomic E-state index is 0.323. The molecular formula is C20H27O4P. The molecule has 0 radical (unpaired) electrons. The summed E-state index contributed by atoms with van der Waals surface area (Å²) in [6.45, 7) is 10.2. The second-order valence-corrected chi connectivity index (χ2v) is 7.73. The van der Waals surface area contributed by atoms with Gasteiger partial charge < -0.3 is 9.05 Å². The van der Waals surface area contributed by atoms with Crippen LogP contribution in [0.3, 0.4) is 0 Å². The van der Waals surface area contributed by atoms with Crippen LogP contribution in [0, 0.1) is 27.7 Å². The molecule has 0 spiro atoms. The van der Waals surface area contributed by atoms with Gasteiger partial charge in [0.25, 0.3) is 0 Å². The summed E-state index contributed by atoms with van der Waals surface area (Å²) in [4.78, 5) is 0. The molecule has 25 heavy (non-hydrogen) atoms. The van der Waals surface area contributed by atoms with Crippen LogP contribution in [0.2, 0.25) is 0 Å². The average molecular weight is 362 g/mol. The third kappa shape index (κ3) is 5.10. The zero-order chi connectivity index (χ0) is 18.4. The number of phosphoric acid groups is 1. The first-order valence-corrected chi connectivity index (χ1v) is 10.1. The molecular weight excluding hydrogens is 335 g/mol. The normalized spacial score (nSPS) is 11.4. The number of phosphoric ester groups is 1. The van der Waals surface area contributed by atoms with Gasteiger partial charge in [-0.15, -0.1) is 0 Å². The highest BCUT2D eigenvalue weighted by Crippen LogP contribution is 2.51. The summed E-state index contributed by atoms with van der Waals surface area (Å²) < 4.78 is 30.4. The highest BCUT2D eigenvalue weighted by Gasteiger charge is 2.32. The van der Waals surface area contributed by atoms with Crippen molar-refractivity contribution in [2.75, 3.05) is 6.61 Å². The Bertz CT molecular complexity index is 713. The Morgan fingerprint density at radius 2 is 1.32 bits per heavy atom. The third-order valence-electron chi connectivity index (χ3n) is 4.28. The highest BCUT2D eigenvalue weighted by molar-refractivity contribution is 7.49. The Morgan fingerprint density at radius 3 is 1.76 bits per heavy atom. The van der Waals surface area contributed by atoms with Crippen LogP contribution in [0.5, 0.6) is 11.5 Å². The summed E-state index contributed by atoms with van der Waals surface area (Å²) in [6, 6.07) is 11.3. The fourth-order valence-corrected chi connectivity index (χ4v) is 3.65. The van der Waals surface area contributed by atoms with Crippen molar-refractivity contribution >= 4 is 7.82 Å². The molecule has 2 aromatic carbocycles. The Morgan fingerprint density at radius 1 is 0.840 bits per heavy atom. The number of rotatable bonds is 8. The molecule has 0 saturated carbocycles. The van der Waals surface area contributed by atoms with E-state index in [9.17, 15) is 4.57 Å². The Hall–Kier alpha value is -1.77. The largest absolute Gasteiger partial charge is 0.587 e. The van der Waals surface area contributed by atoms with Crippen LogP contribution in [0.15, 0.2) is 36.4 Å². The predicted octanol–water partition coefficient (Wildman–Crippen LogP) is 6.30. The number of benzene rings is 2. The van der Waals surface area contributed by atoms with E-state index in [1.165, 1.54) is 0 Å². The van der Waals surface area contributed by atoms with E-state index in [0.29, 0.717) is 18.1 Å². The van der Waals surface area contributed by atoms with E-state index < -0.39 is 7.82 Å². The lowest BCUT2D eigenvalue weighted by Gasteiger charge is -2.21. The third-order valence-corrected chi connectivity index (χ3v) is 5.62. The van der Waals surface area contributed by atoms with Crippen molar-refractivity contribution in [3.8, 4) is 11.5 Å². The van der Waals surface area contributed by atoms with E-state index in [2.05, 4.69) is 0 Å². The Kier molecular flexibility index (Phi) is 6.69. The van der Waals surface area contributed by atoms with Crippen molar-refractivity contribution in [3.63, 3.8) is 0 Å². The number of unbranched alkanes of at least 4 members (excludes halogenated alkanes) is 1. The molecule has 0 N–H and O–H groups in total. The smallest absolute Gasteiger partial charge is 0.395 e. The van der Waals surface area contributed by atoms with Crippen molar-refractivity contribution < 1.29 is 18.1 Å². The summed E-state index contributed by atoms with van der Waals surface area (Å²) in [5.41, 5.74) is 3.96. The molecule has 2 rings (SSSR count). The number of hydrogen-bond acceptors (Lipinski definition) is 4. The molecule has 0 amide bonds. The molecule has 0 aliphatic heterocycles. The molecule has 4 nitrogen and oxygen atoms in total. The minimum atomic E-state index is -3.79. The summed E-state index contributed by atoms with van der Waals surface area (Å²) >= 11 is 0. The van der Waals surface area contributed by atoms with Gasteiger partial charge in [0.05, 0.1) is 6.61 Å². The number of hydrogen-bond donors (Lipinski definition) is 0. The molecule has 0 bridgehead atoms. The number of aryl methyl sites for hydroxylation is 2. The molecule has 0 aliphatic carbocycles. The second-order valence-electron chi connectivity index (χ2n) is 6.21. The Balaban J connectivity index is 2.31. The molecule has 5 heteroatoms. The molecule has 0 unspecified atom stereocenters. The first-order valence-electron chi connectivity index (χ1n) is 8.62. The van der Waals surface area contributed by atoms with Crippen LogP contribution in [-0.2, 0) is 9.09 Å². The minimum Gasteiger partial charge on any atom is -0.395 e. The molecule has 0 heterocycles. The van der Waals surface area contributed by atoms with Gasteiger partial charge in [0.15, 0.2) is 0 Å². The quantitative estimate of drug-likeness (QED) is 0.408. The van der Waals surface area contributed by atoms with Crippen molar-refractivity contribution in [1.29, 1.82) is 0 Å². The van der Waals surface area contributed by atoms with Gasteiger partial charge in [0.1, 0.15) is 11.5 Å². The maximum atomic E-state index is 13.3. The van der Waals surface area contributed by atoms with Crippen molar-refractivity contribution in [2.24, 2.45) is 0 Å². The molecule has 2 aromatic rings. The fourth-order valence-electron chi connectivity index (χ4n) is 2.28. The molecule has 136 valence electrons. The van der Waals surface area contributed by atoms with Gasteiger partial charge in [-0.1, -0.05) is 37.6 Å². The van der Waals surface area contributed by atoms with Gasteiger partial charge in [-0.3, -0.25) is 4.52 Å². The van der Waals surface area contributed by atoms with Gasteiger partial charge >= 0.3 is 7.82 Å². The Labute approximate surface area is 150 Å². The van der Waals surface area contributed by atoms with Crippen molar-refractivity contribution in [2.45, 2.75) is 47.5 Å². The maximum absolute atomic E-state index is 13.3. The van der Waals surface area contributed by atoms with Gasteiger partial charge in [-0.05, 0) is 68.5 Å². The van der Waals surface area contributed by atoms with Gasteiger partial charge in [0.2, 0.25) is 0 Å². The lowest BCUT2D eigenvalue weighted by molar-refractivity contribution is 0.206. The highest BCUT2D eigenvalue weighted by atomic mass is 31.2. The van der Waals surface area contributed by atoms with Crippen LogP contribution in [0.1, 0.15) is 42.0 Å². The van der Waals surface area contributed by atoms with E-state index in [-0.39, 0.29) is 0 Å². The molecule has 0 saturated heterocycles.